The first-order chi connectivity index (χ1) is 7.46. The van der Waals surface area contributed by atoms with E-state index in [0.29, 0.717) is 12.0 Å². The van der Waals surface area contributed by atoms with Crippen LogP contribution in [0.25, 0.3) is 0 Å². The molecule has 1 aliphatic carbocycles. The average Bonchev–Trinajstić information content (AvgIpc) is 2.58. The van der Waals surface area contributed by atoms with Crippen molar-refractivity contribution in [3.05, 3.63) is 0 Å². The zero-order valence-corrected chi connectivity index (χ0v) is 11.4. The summed E-state index contributed by atoms with van der Waals surface area (Å²) in [4.78, 5) is 11.7. The van der Waals surface area contributed by atoms with Crippen molar-refractivity contribution in [1.29, 1.82) is 0 Å². The SMILES string of the molecule is CS(=O)(=O)NC(=O)C1CC2CCCC[C@@H]2N1.Cl. The summed E-state index contributed by atoms with van der Waals surface area (Å²) in [5, 5.41) is 3.24. The van der Waals surface area contributed by atoms with E-state index in [2.05, 4.69) is 5.32 Å². The Morgan fingerprint density at radius 2 is 1.94 bits per heavy atom. The molecule has 2 unspecified atom stereocenters. The van der Waals surface area contributed by atoms with Gasteiger partial charge in [0.25, 0.3) is 5.91 Å². The lowest BCUT2D eigenvalue weighted by molar-refractivity contribution is -0.121. The molecular weight excluding hydrogens is 264 g/mol. The second-order valence-electron chi connectivity index (χ2n) is 4.84. The van der Waals surface area contributed by atoms with Crippen molar-refractivity contribution >= 4 is 28.3 Å². The van der Waals surface area contributed by atoms with Gasteiger partial charge in [-0.15, -0.1) is 12.4 Å². The maximum absolute atomic E-state index is 11.7. The van der Waals surface area contributed by atoms with Crippen molar-refractivity contribution < 1.29 is 13.2 Å². The third-order valence-electron chi connectivity index (χ3n) is 3.47. The summed E-state index contributed by atoms with van der Waals surface area (Å²) in [7, 11) is -3.43. The Morgan fingerprint density at radius 1 is 1.29 bits per heavy atom. The van der Waals surface area contributed by atoms with E-state index in [1.807, 2.05) is 4.72 Å². The molecule has 0 spiro atoms. The maximum Gasteiger partial charge on any atom is 0.250 e. The summed E-state index contributed by atoms with van der Waals surface area (Å²) in [5.74, 6) is 0.140. The second kappa shape index (κ2) is 5.54. The lowest BCUT2D eigenvalue weighted by Gasteiger charge is -2.24. The summed E-state index contributed by atoms with van der Waals surface area (Å²) < 4.78 is 23.9. The number of carbonyl (C=O) groups excluding carboxylic acids is 1. The molecule has 1 saturated carbocycles. The molecule has 1 aliphatic heterocycles. The number of nitrogens with one attached hydrogen (secondary N) is 2. The van der Waals surface area contributed by atoms with E-state index in [1.165, 1.54) is 12.8 Å². The zero-order chi connectivity index (χ0) is 11.8. The van der Waals surface area contributed by atoms with Crippen LogP contribution in [0.1, 0.15) is 32.1 Å². The highest BCUT2D eigenvalue weighted by molar-refractivity contribution is 7.89. The van der Waals surface area contributed by atoms with E-state index >= 15 is 0 Å². The van der Waals surface area contributed by atoms with Crippen LogP contribution in [0.15, 0.2) is 0 Å². The van der Waals surface area contributed by atoms with Crippen LogP contribution in [0, 0.1) is 5.92 Å². The van der Waals surface area contributed by atoms with Gasteiger partial charge in [-0.2, -0.15) is 0 Å². The Bertz CT molecular complexity index is 371. The van der Waals surface area contributed by atoms with Crippen LogP contribution in [0.3, 0.4) is 0 Å². The summed E-state index contributed by atoms with van der Waals surface area (Å²) in [6.45, 7) is 0. The summed E-state index contributed by atoms with van der Waals surface area (Å²) in [6.07, 6.45) is 6.46. The molecule has 0 aromatic rings. The minimum atomic E-state index is -3.43. The fourth-order valence-corrected chi connectivity index (χ4v) is 3.28. The van der Waals surface area contributed by atoms with Gasteiger partial charge in [0.05, 0.1) is 12.3 Å². The monoisotopic (exact) mass is 282 g/mol. The Morgan fingerprint density at radius 3 is 2.53 bits per heavy atom. The molecule has 0 aromatic heterocycles. The number of hydrogen-bond acceptors (Lipinski definition) is 4. The van der Waals surface area contributed by atoms with Crippen LogP contribution in [-0.4, -0.2) is 32.7 Å². The molecule has 1 amide bonds. The third-order valence-corrected chi connectivity index (χ3v) is 4.04. The van der Waals surface area contributed by atoms with Crippen LogP contribution in [0.4, 0.5) is 0 Å². The van der Waals surface area contributed by atoms with E-state index < -0.39 is 15.9 Å². The van der Waals surface area contributed by atoms with Gasteiger partial charge in [0.15, 0.2) is 0 Å². The molecule has 7 heteroatoms. The minimum Gasteiger partial charge on any atom is -0.303 e. The lowest BCUT2D eigenvalue weighted by atomic mass is 9.85. The topological polar surface area (TPSA) is 75.3 Å². The fourth-order valence-electron chi connectivity index (χ4n) is 2.77. The molecule has 2 aliphatic rings. The smallest absolute Gasteiger partial charge is 0.250 e. The lowest BCUT2D eigenvalue weighted by Crippen LogP contribution is -2.44. The zero-order valence-electron chi connectivity index (χ0n) is 9.81. The molecule has 17 heavy (non-hydrogen) atoms. The molecule has 2 N–H and O–H groups in total. The van der Waals surface area contributed by atoms with Crippen LogP contribution in [0.5, 0.6) is 0 Å². The van der Waals surface area contributed by atoms with Crippen LogP contribution < -0.4 is 10.0 Å². The van der Waals surface area contributed by atoms with Gasteiger partial charge in [0.1, 0.15) is 0 Å². The van der Waals surface area contributed by atoms with Gasteiger partial charge in [-0.1, -0.05) is 12.8 Å². The predicted octanol–water partition coefficient (Wildman–Crippen LogP) is 0.405. The number of rotatable bonds is 2. The molecule has 3 atom stereocenters. The van der Waals surface area contributed by atoms with Crippen molar-refractivity contribution in [3.63, 3.8) is 0 Å². The highest BCUT2D eigenvalue weighted by Crippen LogP contribution is 2.33. The molecular formula is C10H19ClN2O3S. The minimum absolute atomic E-state index is 0. The molecule has 1 heterocycles. The molecule has 5 nitrogen and oxygen atoms in total. The molecule has 2 rings (SSSR count). The number of halogens is 1. The van der Waals surface area contributed by atoms with Crippen LogP contribution >= 0.6 is 12.4 Å². The first-order valence-corrected chi connectivity index (χ1v) is 7.62. The third kappa shape index (κ3) is 3.82. The Balaban J connectivity index is 0.00000144. The summed E-state index contributed by atoms with van der Waals surface area (Å²) in [6, 6.07) is 0.0758. The van der Waals surface area contributed by atoms with Gasteiger partial charge in [-0.05, 0) is 25.2 Å². The quantitative estimate of drug-likeness (QED) is 0.769. The normalized spacial score (nSPS) is 32.4. The van der Waals surface area contributed by atoms with Gasteiger partial charge in [0.2, 0.25) is 10.0 Å². The summed E-state index contributed by atoms with van der Waals surface area (Å²) >= 11 is 0. The predicted molar refractivity (Wildman–Crippen MR) is 67.5 cm³/mol. The van der Waals surface area contributed by atoms with Crippen LogP contribution in [-0.2, 0) is 14.8 Å². The molecule has 100 valence electrons. The van der Waals surface area contributed by atoms with E-state index in [4.69, 9.17) is 0 Å². The second-order valence-corrected chi connectivity index (χ2v) is 6.59. The van der Waals surface area contributed by atoms with Crippen molar-refractivity contribution in [1.82, 2.24) is 10.0 Å². The summed E-state index contributed by atoms with van der Waals surface area (Å²) in [5.41, 5.74) is 0. The highest BCUT2D eigenvalue weighted by Gasteiger charge is 2.38. The van der Waals surface area contributed by atoms with E-state index in [0.717, 1.165) is 25.5 Å². The Hall–Kier alpha value is -0.330. The van der Waals surface area contributed by atoms with E-state index in [9.17, 15) is 13.2 Å². The average molecular weight is 283 g/mol. The standard InChI is InChI=1S/C10H18N2O3S.ClH/c1-16(14,15)12-10(13)9-6-7-4-2-3-5-8(7)11-9;/h7-9,11H,2-6H2,1H3,(H,12,13);1H/t7?,8-,9?;/m0./s1. The van der Waals surface area contributed by atoms with E-state index in [-0.39, 0.29) is 18.4 Å². The molecule has 1 saturated heterocycles. The van der Waals surface area contributed by atoms with Gasteiger partial charge < -0.3 is 5.32 Å². The van der Waals surface area contributed by atoms with Crippen molar-refractivity contribution in [2.24, 2.45) is 5.92 Å². The van der Waals surface area contributed by atoms with E-state index in [1.54, 1.807) is 0 Å². The van der Waals surface area contributed by atoms with Crippen molar-refractivity contribution in [2.45, 2.75) is 44.2 Å². The van der Waals surface area contributed by atoms with Crippen molar-refractivity contribution in [3.8, 4) is 0 Å². The highest BCUT2D eigenvalue weighted by atomic mass is 35.5. The Labute approximate surface area is 108 Å². The van der Waals surface area contributed by atoms with Crippen molar-refractivity contribution in [2.75, 3.05) is 6.26 Å². The largest absolute Gasteiger partial charge is 0.303 e. The molecule has 2 fully saturated rings. The number of amides is 1. The number of carbonyl (C=O) groups is 1. The molecule has 0 bridgehead atoms. The van der Waals surface area contributed by atoms with Gasteiger partial charge in [-0.3, -0.25) is 9.52 Å². The molecule has 0 radical (unpaired) electrons. The van der Waals surface area contributed by atoms with Gasteiger partial charge in [-0.25, -0.2) is 8.42 Å². The maximum atomic E-state index is 11.7. The van der Waals surface area contributed by atoms with Gasteiger partial charge in [0, 0.05) is 6.04 Å². The first kappa shape index (κ1) is 14.7. The number of sulfonamides is 1. The number of fused-ring (bicyclic) bond motifs is 1. The van der Waals surface area contributed by atoms with Crippen LogP contribution in [0.2, 0.25) is 0 Å². The van der Waals surface area contributed by atoms with Gasteiger partial charge >= 0.3 is 0 Å². The first-order valence-electron chi connectivity index (χ1n) is 5.73. The fraction of sp³-hybridized carbons (Fsp3) is 0.900. The Kier molecular flexibility index (Phi) is 4.80. The molecule has 0 aromatic carbocycles. The number of hydrogen-bond donors (Lipinski definition) is 2.